The van der Waals surface area contributed by atoms with Crippen molar-refractivity contribution < 1.29 is 17.9 Å². The number of fused-ring (bicyclic) bond motifs is 1. The van der Waals surface area contributed by atoms with Gasteiger partial charge in [-0.05, 0) is 53.1 Å². The van der Waals surface area contributed by atoms with Crippen LogP contribution >= 0.6 is 11.6 Å². The van der Waals surface area contributed by atoms with Gasteiger partial charge in [-0.25, -0.2) is 13.2 Å². The van der Waals surface area contributed by atoms with Crippen LogP contribution in [-0.2, 0) is 12.8 Å². The average Bonchev–Trinajstić information content (AvgIpc) is 2.78. The van der Waals surface area contributed by atoms with Crippen molar-refractivity contribution in [2.24, 2.45) is 0 Å². The zero-order valence-corrected chi connectivity index (χ0v) is 17.9. The highest BCUT2D eigenvalue weighted by Gasteiger charge is 2.16. The van der Waals surface area contributed by atoms with Crippen molar-refractivity contribution in [1.29, 1.82) is 0 Å². The molecule has 4 aromatic rings. The second-order valence-corrected chi connectivity index (χ2v) is 7.90. The van der Waals surface area contributed by atoms with Crippen LogP contribution in [0.1, 0.15) is 11.1 Å². The van der Waals surface area contributed by atoms with Crippen LogP contribution in [0, 0.1) is 17.5 Å². The van der Waals surface area contributed by atoms with Crippen molar-refractivity contribution in [2.45, 2.75) is 12.8 Å². The summed E-state index contributed by atoms with van der Waals surface area (Å²) in [6.07, 6.45) is 2.69. The number of hydrogen-bond donors (Lipinski definition) is 0. The number of benzene rings is 4. The molecule has 0 aliphatic heterocycles. The second kappa shape index (κ2) is 9.49. The van der Waals surface area contributed by atoms with Gasteiger partial charge in [0.25, 0.3) is 0 Å². The summed E-state index contributed by atoms with van der Waals surface area (Å²) >= 11 is 5.91. The molecule has 4 aromatic carbocycles. The first-order chi connectivity index (χ1) is 15.5. The zero-order valence-electron chi connectivity index (χ0n) is 17.2. The third-order valence-corrected chi connectivity index (χ3v) is 5.55. The molecule has 0 N–H and O–H groups in total. The first-order valence-corrected chi connectivity index (χ1v) is 10.5. The Morgan fingerprint density at radius 3 is 2.25 bits per heavy atom. The third kappa shape index (κ3) is 4.66. The van der Waals surface area contributed by atoms with Crippen molar-refractivity contribution in [3.8, 4) is 16.9 Å². The summed E-state index contributed by atoms with van der Waals surface area (Å²) < 4.78 is 49.6. The molecule has 162 valence electrons. The molecule has 0 fully saturated rings. The molecule has 0 saturated heterocycles. The maximum absolute atomic E-state index is 15.1. The molecule has 0 amide bonds. The van der Waals surface area contributed by atoms with E-state index in [1.165, 1.54) is 12.1 Å². The third-order valence-electron chi connectivity index (χ3n) is 5.30. The van der Waals surface area contributed by atoms with Crippen LogP contribution in [-0.4, -0.2) is 6.61 Å². The van der Waals surface area contributed by atoms with E-state index in [0.29, 0.717) is 39.8 Å². The normalized spacial score (nSPS) is 11.0. The lowest BCUT2D eigenvalue weighted by Gasteiger charge is -2.11. The Morgan fingerprint density at radius 1 is 0.844 bits per heavy atom. The van der Waals surface area contributed by atoms with Crippen LogP contribution in [0.15, 0.2) is 79.4 Å². The van der Waals surface area contributed by atoms with Gasteiger partial charge in [0.15, 0.2) is 0 Å². The summed E-state index contributed by atoms with van der Waals surface area (Å²) in [5.74, 6) is -1.73. The average molecular weight is 453 g/mol. The van der Waals surface area contributed by atoms with Crippen molar-refractivity contribution >= 4 is 22.4 Å². The van der Waals surface area contributed by atoms with Crippen LogP contribution in [0.5, 0.6) is 5.75 Å². The number of rotatable bonds is 7. The summed E-state index contributed by atoms with van der Waals surface area (Å²) in [6, 6.07) is 17.9. The lowest BCUT2D eigenvalue weighted by atomic mass is 9.96. The van der Waals surface area contributed by atoms with Gasteiger partial charge in [0.05, 0.1) is 5.56 Å². The number of ether oxygens (including phenoxy) is 1. The molecule has 0 spiro atoms. The lowest BCUT2D eigenvalue weighted by Crippen LogP contribution is -1.98. The van der Waals surface area contributed by atoms with Crippen molar-refractivity contribution in [3.05, 3.63) is 113 Å². The van der Waals surface area contributed by atoms with Crippen molar-refractivity contribution in [2.75, 3.05) is 6.61 Å². The van der Waals surface area contributed by atoms with Crippen LogP contribution in [0.2, 0.25) is 5.02 Å². The summed E-state index contributed by atoms with van der Waals surface area (Å²) in [7, 11) is 0. The highest BCUT2D eigenvalue weighted by Crippen LogP contribution is 2.33. The van der Waals surface area contributed by atoms with E-state index >= 15 is 4.39 Å². The number of aryl methyl sites for hydroxylation is 2. The highest BCUT2D eigenvalue weighted by molar-refractivity contribution is 6.30. The van der Waals surface area contributed by atoms with Crippen LogP contribution in [0.4, 0.5) is 13.2 Å². The zero-order chi connectivity index (χ0) is 22.7. The lowest BCUT2D eigenvalue weighted by molar-refractivity contribution is 0.358. The van der Waals surface area contributed by atoms with Gasteiger partial charge >= 0.3 is 0 Å². The minimum Gasteiger partial charge on any atom is -0.489 e. The van der Waals surface area contributed by atoms with E-state index < -0.39 is 11.6 Å². The van der Waals surface area contributed by atoms with E-state index in [2.05, 4.69) is 6.58 Å². The smallest absolute Gasteiger partial charge is 0.137 e. The summed E-state index contributed by atoms with van der Waals surface area (Å²) in [5.41, 5.74) is 1.80. The van der Waals surface area contributed by atoms with Crippen molar-refractivity contribution in [3.63, 3.8) is 0 Å². The van der Waals surface area contributed by atoms with Gasteiger partial charge in [0, 0.05) is 22.5 Å². The number of hydrogen-bond acceptors (Lipinski definition) is 1. The first kappa shape index (κ1) is 22.0. The van der Waals surface area contributed by atoms with E-state index in [-0.39, 0.29) is 23.7 Å². The minimum absolute atomic E-state index is 0.0841. The largest absolute Gasteiger partial charge is 0.489 e. The fourth-order valence-corrected chi connectivity index (χ4v) is 3.81. The van der Waals surface area contributed by atoms with Crippen molar-refractivity contribution in [1.82, 2.24) is 0 Å². The van der Waals surface area contributed by atoms with Gasteiger partial charge in [0.1, 0.15) is 29.8 Å². The standard InChI is InChI=1S/C27H20ClF3O/c1-2-13-32-22-15-24(29)26(25(30)16-22)20-9-12-23-19(14-20)8-7-18(27(23)31)6-3-17-4-10-21(28)11-5-17/h2,4-5,7-12,14-16H,1,3,6,13H2. The SMILES string of the molecule is C=CCOc1cc(F)c(-c2ccc3c(F)c(CCc4ccc(Cl)cc4)ccc3c2)c(F)c1. The molecule has 0 heterocycles. The molecule has 1 nitrogen and oxygen atoms in total. The molecule has 4 rings (SSSR count). The van der Waals surface area contributed by atoms with Gasteiger partial charge in [-0.2, -0.15) is 0 Å². The Balaban J connectivity index is 1.62. The Kier molecular flexibility index (Phi) is 6.52. The van der Waals surface area contributed by atoms with Gasteiger partial charge in [-0.1, -0.05) is 60.7 Å². The molecule has 0 unspecified atom stereocenters. The fourth-order valence-electron chi connectivity index (χ4n) is 3.68. The first-order valence-electron chi connectivity index (χ1n) is 10.1. The van der Waals surface area contributed by atoms with Crippen LogP contribution in [0.25, 0.3) is 21.9 Å². The van der Waals surface area contributed by atoms with E-state index in [1.807, 2.05) is 24.3 Å². The second-order valence-electron chi connectivity index (χ2n) is 7.46. The quantitative estimate of drug-likeness (QED) is 0.259. The Bertz CT molecular complexity index is 1260. The molecule has 0 atom stereocenters. The monoisotopic (exact) mass is 452 g/mol. The molecule has 0 radical (unpaired) electrons. The topological polar surface area (TPSA) is 9.23 Å². The molecular weight excluding hydrogens is 433 g/mol. The minimum atomic E-state index is -0.747. The Hall–Kier alpha value is -3.24. The maximum atomic E-state index is 15.1. The highest BCUT2D eigenvalue weighted by atomic mass is 35.5. The molecule has 0 saturated carbocycles. The molecule has 5 heteroatoms. The van der Waals surface area contributed by atoms with E-state index in [4.69, 9.17) is 16.3 Å². The molecule has 0 aliphatic rings. The Labute approximate surface area is 189 Å². The number of halogens is 4. The predicted octanol–water partition coefficient (Wildman–Crippen LogP) is 7.93. The van der Waals surface area contributed by atoms with Gasteiger partial charge < -0.3 is 4.74 Å². The van der Waals surface area contributed by atoms with E-state index in [9.17, 15) is 8.78 Å². The van der Waals surface area contributed by atoms with Gasteiger partial charge in [-0.3, -0.25) is 0 Å². The summed E-state index contributed by atoms with van der Waals surface area (Å²) in [4.78, 5) is 0. The molecular formula is C27H20ClF3O. The summed E-state index contributed by atoms with van der Waals surface area (Å²) in [5, 5.41) is 1.64. The van der Waals surface area contributed by atoms with Gasteiger partial charge in [0.2, 0.25) is 0 Å². The van der Waals surface area contributed by atoms with Crippen LogP contribution in [0.3, 0.4) is 0 Å². The van der Waals surface area contributed by atoms with E-state index in [0.717, 1.165) is 17.7 Å². The summed E-state index contributed by atoms with van der Waals surface area (Å²) in [6.45, 7) is 3.66. The molecule has 0 bridgehead atoms. The van der Waals surface area contributed by atoms with Gasteiger partial charge in [-0.15, -0.1) is 0 Å². The predicted molar refractivity (Wildman–Crippen MR) is 124 cm³/mol. The molecule has 0 aliphatic carbocycles. The van der Waals surface area contributed by atoms with Crippen LogP contribution < -0.4 is 4.74 Å². The molecule has 32 heavy (non-hydrogen) atoms. The fraction of sp³-hybridized carbons (Fsp3) is 0.111. The Morgan fingerprint density at radius 2 is 1.56 bits per heavy atom. The van der Waals surface area contributed by atoms with E-state index in [1.54, 1.807) is 24.3 Å². The maximum Gasteiger partial charge on any atom is 0.137 e. The molecule has 0 aromatic heterocycles.